The second-order valence-corrected chi connectivity index (χ2v) is 6.26. The molecule has 3 fully saturated rings. The zero-order valence-electron chi connectivity index (χ0n) is 10.4. The number of carbonyl (C=O) groups excluding carboxylic acids is 1. The van der Waals surface area contributed by atoms with Crippen molar-refractivity contribution in [1.29, 1.82) is 0 Å². The molecule has 6 atom stereocenters. The van der Waals surface area contributed by atoms with Gasteiger partial charge in [0.25, 0.3) is 0 Å². The molecule has 3 rings (SSSR count). The summed E-state index contributed by atoms with van der Waals surface area (Å²) in [6, 6.07) is 0. The van der Waals surface area contributed by atoms with Gasteiger partial charge in [0.15, 0.2) is 0 Å². The molecule has 4 heteroatoms. The van der Waals surface area contributed by atoms with E-state index in [1.54, 1.807) is 0 Å². The van der Waals surface area contributed by atoms with E-state index in [4.69, 9.17) is 4.74 Å². The minimum absolute atomic E-state index is 0.0195. The first-order valence-corrected chi connectivity index (χ1v) is 6.20. The van der Waals surface area contributed by atoms with Gasteiger partial charge in [-0.1, -0.05) is 13.8 Å². The van der Waals surface area contributed by atoms with Crippen LogP contribution >= 0.6 is 0 Å². The number of hydrogen-bond donors (Lipinski definition) is 1. The maximum Gasteiger partial charge on any atom is 0.310 e. The van der Waals surface area contributed by atoms with E-state index in [1.807, 2.05) is 6.92 Å². The molecule has 0 aromatic rings. The number of carbonyl (C=O) groups is 2. The molecule has 0 spiro atoms. The SMILES string of the molecule is COC(=O)CC1(C)C2CC3(C(=O)O)C(C)C1C23. The van der Waals surface area contributed by atoms with E-state index >= 15 is 0 Å². The van der Waals surface area contributed by atoms with Crippen LogP contribution in [0.5, 0.6) is 0 Å². The Morgan fingerprint density at radius 2 is 2.06 bits per heavy atom. The van der Waals surface area contributed by atoms with Crippen LogP contribution in [0.4, 0.5) is 0 Å². The molecule has 3 aliphatic rings. The summed E-state index contributed by atoms with van der Waals surface area (Å²) in [7, 11) is 1.41. The molecule has 17 heavy (non-hydrogen) atoms. The maximum absolute atomic E-state index is 11.4. The van der Waals surface area contributed by atoms with Gasteiger partial charge in [0, 0.05) is 0 Å². The number of carboxylic acids is 1. The van der Waals surface area contributed by atoms with Gasteiger partial charge >= 0.3 is 11.9 Å². The van der Waals surface area contributed by atoms with Crippen molar-refractivity contribution >= 4 is 11.9 Å². The summed E-state index contributed by atoms with van der Waals surface area (Å²) in [6.45, 7) is 4.15. The lowest BCUT2D eigenvalue weighted by Crippen LogP contribution is -2.84. The lowest BCUT2D eigenvalue weighted by molar-refractivity contribution is -0.379. The third kappa shape index (κ3) is 0.893. The minimum Gasteiger partial charge on any atom is -0.481 e. The predicted octanol–water partition coefficient (Wildman–Crippen LogP) is 1.54. The van der Waals surface area contributed by atoms with Gasteiger partial charge in [0.1, 0.15) is 0 Å². The van der Waals surface area contributed by atoms with Crippen molar-refractivity contribution < 1.29 is 19.4 Å². The normalized spacial score (nSPS) is 53.6. The van der Waals surface area contributed by atoms with Crippen LogP contribution in [0.2, 0.25) is 0 Å². The van der Waals surface area contributed by atoms with Gasteiger partial charge in [-0.05, 0) is 35.5 Å². The molecule has 3 aliphatic carbocycles. The first kappa shape index (κ1) is 11.1. The van der Waals surface area contributed by atoms with E-state index < -0.39 is 11.4 Å². The summed E-state index contributed by atoms with van der Waals surface area (Å²) >= 11 is 0. The summed E-state index contributed by atoms with van der Waals surface area (Å²) in [4.78, 5) is 22.8. The molecule has 4 nitrogen and oxygen atoms in total. The van der Waals surface area contributed by atoms with Crippen LogP contribution in [0.15, 0.2) is 0 Å². The molecule has 0 aromatic heterocycles. The van der Waals surface area contributed by atoms with Crippen molar-refractivity contribution in [3.05, 3.63) is 0 Å². The van der Waals surface area contributed by atoms with Crippen LogP contribution in [0.1, 0.15) is 26.7 Å². The summed E-state index contributed by atoms with van der Waals surface area (Å²) < 4.78 is 4.75. The van der Waals surface area contributed by atoms with Crippen LogP contribution in [-0.4, -0.2) is 24.2 Å². The third-order valence-electron chi connectivity index (χ3n) is 6.08. The molecular formula is C13H18O4. The molecule has 3 saturated carbocycles. The van der Waals surface area contributed by atoms with Gasteiger partial charge in [-0.15, -0.1) is 0 Å². The lowest BCUT2D eigenvalue weighted by Gasteiger charge is -2.84. The molecule has 0 amide bonds. The standard InChI is InChI=1S/C13H18O4/c1-6-9-10-7(4-13(6,10)11(15)16)12(9,2)5-8(14)17-3/h6-7,9-10H,4-5H2,1-3H3,(H,15,16). The monoisotopic (exact) mass is 238 g/mol. The highest BCUT2D eigenvalue weighted by Gasteiger charge is 2.86. The average Bonchev–Trinajstić information content (AvgIpc) is 2.23. The van der Waals surface area contributed by atoms with Gasteiger partial charge in [0.2, 0.25) is 0 Å². The first-order chi connectivity index (χ1) is 7.89. The van der Waals surface area contributed by atoms with Crippen LogP contribution in [0.3, 0.4) is 0 Å². The molecule has 6 unspecified atom stereocenters. The number of aliphatic carboxylic acids is 1. The largest absolute Gasteiger partial charge is 0.481 e. The van der Waals surface area contributed by atoms with E-state index in [-0.39, 0.29) is 17.3 Å². The Kier molecular flexibility index (Phi) is 1.85. The van der Waals surface area contributed by atoms with Crippen LogP contribution < -0.4 is 0 Å². The van der Waals surface area contributed by atoms with Crippen LogP contribution in [0.25, 0.3) is 0 Å². The van der Waals surface area contributed by atoms with Crippen LogP contribution in [-0.2, 0) is 14.3 Å². The Labute approximate surface area is 100 Å². The topological polar surface area (TPSA) is 63.6 Å². The fourth-order valence-corrected chi connectivity index (χ4v) is 5.21. The number of esters is 1. The summed E-state index contributed by atoms with van der Waals surface area (Å²) in [6.07, 6.45) is 1.19. The molecule has 94 valence electrons. The Morgan fingerprint density at radius 1 is 1.41 bits per heavy atom. The second-order valence-electron chi connectivity index (χ2n) is 6.26. The summed E-state index contributed by atoms with van der Waals surface area (Å²) in [5.74, 6) is 0.533. The summed E-state index contributed by atoms with van der Waals surface area (Å²) in [5.41, 5.74) is -0.473. The van der Waals surface area contributed by atoms with E-state index in [1.165, 1.54) is 7.11 Å². The Hall–Kier alpha value is -1.06. The number of rotatable bonds is 3. The fraction of sp³-hybridized carbons (Fsp3) is 0.846. The van der Waals surface area contributed by atoms with Crippen molar-refractivity contribution in [3.63, 3.8) is 0 Å². The molecule has 0 radical (unpaired) electrons. The highest BCUT2D eigenvalue weighted by molar-refractivity contribution is 5.81. The van der Waals surface area contributed by atoms with Crippen molar-refractivity contribution in [2.24, 2.45) is 34.5 Å². The molecule has 0 aromatic carbocycles. The van der Waals surface area contributed by atoms with Crippen molar-refractivity contribution in [1.82, 2.24) is 0 Å². The molecule has 1 N–H and O–H groups in total. The smallest absolute Gasteiger partial charge is 0.310 e. The molecular weight excluding hydrogens is 220 g/mol. The second kappa shape index (κ2) is 2.85. The Balaban J connectivity index is 1.80. The number of methoxy groups -OCH3 is 1. The zero-order chi connectivity index (χ0) is 12.6. The third-order valence-corrected chi connectivity index (χ3v) is 6.08. The molecule has 0 aliphatic heterocycles. The van der Waals surface area contributed by atoms with Crippen molar-refractivity contribution in [2.75, 3.05) is 7.11 Å². The number of ether oxygens (including phenoxy) is 1. The quantitative estimate of drug-likeness (QED) is 0.757. The van der Waals surface area contributed by atoms with Crippen molar-refractivity contribution in [2.45, 2.75) is 26.7 Å². The maximum atomic E-state index is 11.4. The zero-order valence-corrected chi connectivity index (χ0v) is 10.4. The molecule has 0 bridgehead atoms. The van der Waals surface area contributed by atoms with Crippen LogP contribution in [0, 0.1) is 34.5 Å². The highest BCUT2D eigenvalue weighted by atomic mass is 16.5. The van der Waals surface area contributed by atoms with E-state index in [0.717, 1.165) is 6.42 Å². The number of hydrogen-bond acceptors (Lipinski definition) is 3. The minimum atomic E-state index is -0.636. The van der Waals surface area contributed by atoms with Gasteiger partial charge < -0.3 is 9.84 Å². The van der Waals surface area contributed by atoms with Gasteiger partial charge in [-0.3, -0.25) is 9.59 Å². The number of carboxylic acid groups (broad SMARTS) is 1. The van der Waals surface area contributed by atoms with Crippen molar-refractivity contribution in [3.8, 4) is 0 Å². The van der Waals surface area contributed by atoms with E-state index in [2.05, 4.69) is 6.92 Å². The predicted molar refractivity (Wildman–Crippen MR) is 59.1 cm³/mol. The van der Waals surface area contributed by atoms with Gasteiger partial charge in [-0.2, -0.15) is 0 Å². The van der Waals surface area contributed by atoms with Gasteiger partial charge in [-0.25, -0.2) is 0 Å². The van der Waals surface area contributed by atoms with Gasteiger partial charge in [0.05, 0.1) is 18.9 Å². The van der Waals surface area contributed by atoms with E-state index in [0.29, 0.717) is 24.2 Å². The lowest BCUT2D eigenvalue weighted by atomic mass is 9.18. The molecule has 0 heterocycles. The Morgan fingerprint density at radius 3 is 2.47 bits per heavy atom. The van der Waals surface area contributed by atoms with E-state index in [9.17, 15) is 14.7 Å². The molecule has 0 saturated heterocycles. The fourth-order valence-electron chi connectivity index (χ4n) is 5.21. The highest BCUT2D eigenvalue weighted by Crippen LogP contribution is 2.86. The Bertz CT molecular complexity index is 410. The first-order valence-electron chi connectivity index (χ1n) is 6.20. The average molecular weight is 238 g/mol. The summed E-state index contributed by atoms with van der Waals surface area (Å²) in [5, 5.41) is 9.33.